The van der Waals surface area contributed by atoms with Gasteiger partial charge in [0.15, 0.2) is 0 Å². The molecule has 0 saturated heterocycles. The third-order valence-electron chi connectivity index (χ3n) is 1.10. The molecule has 1 heterocycles. The molecule has 0 aliphatic heterocycles. The summed E-state index contributed by atoms with van der Waals surface area (Å²) in [6, 6.07) is 0. The second-order valence-electron chi connectivity index (χ2n) is 1.83. The second kappa shape index (κ2) is 3.75. The van der Waals surface area contributed by atoms with Gasteiger partial charge in [-0.1, -0.05) is 0 Å². The van der Waals surface area contributed by atoms with E-state index in [1.54, 1.807) is 0 Å². The molecule has 0 unspecified atom stereocenters. The zero-order valence-corrected chi connectivity index (χ0v) is 8.93. The fourth-order valence-electron chi connectivity index (χ4n) is 0.586. The first-order chi connectivity index (χ1) is 5.13. The van der Waals surface area contributed by atoms with Crippen molar-refractivity contribution in [2.45, 2.75) is 6.43 Å². The van der Waals surface area contributed by atoms with Crippen LogP contribution in [0, 0.1) is 3.57 Å². The van der Waals surface area contributed by atoms with Crippen molar-refractivity contribution in [1.29, 1.82) is 0 Å². The van der Waals surface area contributed by atoms with E-state index in [2.05, 4.69) is 20.9 Å². The highest BCUT2D eigenvalue weighted by Gasteiger charge is 2.13. The minimum Gasteiger partial charge on any atom is -0.263 e. The average molecular weight is 334 g/mol. The lowest BCUT2D eigenvalue weighted by Gasteiger charge is -2.02. The first-order valence-corrected chi connectivity index (χ1v) is 4.57. The van der Waals surface area contributed by atoms with Gasteiger partial charge in [-0.3, -0.25) is 4.98 Å². The molecule has 0 radical (unpaired) electrons. The Morgan fingerprint density at radius 2 is 2.09 bits per heavy atom. The summed E-state index contributed by atoms with van der Waals surface area (Å²) in [5, 5.41) is 0. The fraction of sp³-hybridized carbons (Fsp3) is 0.167. The van der Waals surface area contributed by atoms with Crippen molar-refractivity contribution in [2.24, 2.45) is 0 Å². The van der Waals surface area contributed by atoms with Crippen molar-refractivity contribution in [3.63, 3.8) is 0 Å². The van der Waals surface area contributed by atoms with Crippen LogP contribution in [0.15, 0.2) is 16.9 Å². The zero-order valence-electron chi connectivity index (χ0n) is 5.19. The molecule has 60 valence electrons. The van der Waals surface area contributed by atoms with Gasteiger partial charge in [0.25, 0.3) is 6.43 Å². The lowest BCUT2D eigenvalue weighted by Crippen LogP contribution is -1.90. The molecule has 0 aromatic carbocycles. The molecule has 1 aromatic heterocycles. The van der Waals surface area contributed by atoms with Gasteiger partial charge >= 0.3 is 0 Å². The van der Waals surface area contributed by atoms with Gasteiger partial charge in [0.2, 0.25) is 0 Å². The first-order valence-electron chi connectivity index (χ1n) is 2.70. The van der Waals surface area contributed by atoms with Gasteiger partial charge in [-0.05, 0) is 38.5 Å². The van der Waals surface area contributed by atoms with E-state index in [0.29, 0.717) is 8.04 Å². The molecule has 0 fully saturated rings. The van der Waals surface area contributed by atoms with Crippen LogP contribution in [-0.2, 0) is 0 Å². The predicted molar refractivity (Wildman–Crippen MR) is 49.6 cm³/mol. The number of rotatable bonds is 1. The molecule has 1 aromatic rings. The standard InChI is InChI=1S/C6H3BrF2IN/c7-5-3(6(8)9)1-11-2-4(5)10/h1-2,6H. The topological polar surface area (TPSA) is 12.9 Å². The van der Waals surface area contributed by atoms with Gasteiger partial charge in [0.05, 0.1) is 5.56 Å². The van der Waals surface area contributed by atoms with Crippen LogP contribution in [0.3, 0.4) is 0 Å². The number of aromatic nitrogens is 1. The van der Waals surface area contributed by atoms with E-state index in [9.17, 15) is 8.78 Å². The Bertz CT molecular complexity index is 267. The third-order valence-corrected chi connectivity index (χ3v) is 3.54. The lowest BCUT2D eigenvalue weighted by atomic mass is 10.3. The van der Waals surface area contributed by atoms with Crippen LogP contribution in [0.2, 0.25) is 0 Å². The van der Waals surface area contributed by atoms with Crippen LogP contribution in [-0.4, -0.2) is 4.98 Å². The van der Waals surface area contributed by atoms with Crippen molar-refractivity contribution in [2.75, 3.05) is 0 Å². The summed E-state index contributed by atoms with van der Waals surface area (Å²) in [5.74, 6) is 0. The summed E-state index contributed by atoms with van der Waals surface area (Å²) in [6.07, 6.45) is 0.222. The van der Waals surface area contributed by atoms with Crippen molar-refractivity contribution in [3.8, 4) is 0 Å². The van der Waals surface area contributed by atoms with Crippen LogP contribution < -0.4 is 0 Å². The van der Waals surface area contributed by atoms with E-state index < -0.39 is 6.43 Å². The van der Waals surface area contributed by atoms with E-state index >= 15 is 0 Å². The minimum absolute atomic E-state index is 0.0584. The van der Waals surface area contributed by atoms with Crippen LogP contribution >= 0.6 is 38.5 Å². The molecule has 0 spiro atoms. The number of alkyl halides is 2. The van der Waals surface area contributed by atoms with Crippen LogP contribution in [0.1, 0.15) is 12.0 Å². The first kappa shape index (κ1) is 9.31. The Balaban J connectivity index is 3.17. The molecule has 0 atom stereocenters. The average Bonchev–Trinajstić information content (AvgIpc) is 1.94. The number of pyridine rings is 1. The van der Waals surface area contributed by atoms with Crippen molar-refractivity contribution in [1.82, 2.24) is 4.98 Å². The van der Waals surface area contributed by atoms with Crippen LogP contribution in [0.4, 0.5) is 8.78 Å². The zero-order chi connectivity index (χ0) is 8.43. The molecule has 0 aliphatic carbocycles. The SMILES string of the molecule is FC(F)c1cncc(I)c1Br. The van der Waals surface area contributed by atoms with Crippen LogP contribution in [0.25, 0.3) is 0 Å². The number of hydrogen-bond acceptors (Lipinski definition) is 1. The highest BCUT2D eigenvalue weighted by atomic mass is 127. The molecule has 1 rings (SSSR count). The van der Waals surface area contributed by atoms with E-state index in [-0.39, 0.29) is 5.56 Å². The van der Waals surface area contributed by atoms with Crippen molar-refractivity contribution < 1.29 is 8.78 Å². The molecule has 0 amide bonds. The summed E-state index contributed by atoms with van der Waals surface area (Å²) in [6.45, 7) is 0. The molecule has 1 nitrogen and oxygen atoms in total. The maximum Gasteiger partial charge on any atom is 0.266 e. The van der Waals surface area contributed by atoms with Gasteiger partial charge < -0.3 is 0 Å². The molecule has 0 saturated carbocycles. The fourth-order valence-corrected chi connectivity index (χ4v) is 1.44. The van der Waals surface area contributed by atoms with E-state index in [1.165, 1.54) is 6.20 Å². The highest BCUT2D eigenvalue weighted by molar-refractivity contribution is 14.1. The van der Waals surface area contributed by atoms with Crippen molar-refractivity contribution in [3.05, 3.63) is 26.0 Å². The molecule has 5 heteroatoms. The smallest absolute Gasteiger partial charge is 0.263 e. The monoisotopic (exact) mass is 333 g/mol. The Morgan fingerprint density at radius 1 is 1.45 bits per heavy atom. The Hall–Kier alpha value is 0.220. The molecular formula is C6H3BrF2IN. The maximum absolute atomic E-state index is 12.1. The van der Waals surface area contributed by atoms with Gasteiger partial charge in [-0.2, -0.15) is 0 Å². The quantitative estimate of drug-likeness (QED) is 0.718. The molecule has 0 bridgehead atoms. The summed E-state index contributed by atoms with van der Waals surface area (Å²) in [7, 11) is 0. The van der Waals surface area contributed by atoms with E-state index in [1.807, 2.05) is 22.6 Å². The van der Waals surface area contributed by atoms with E-state index in [4.69, 9.17) is 0 Å². The summed E-state index contributed by atoms with van der Waals surface area (Å²) in [5.41, 5.74) is -0.0584. The Morgan fingerprint density at radius 3 is 2.55 bits per heavy atom. The molecule has 0 N–H and O–H groups in total. The predicted octanol–water partition coefficient (Wildman–Crippen LogP) is 3.39. The number of nitrogens with zero attached hydrogens (tertiary/aromatic N) is 1. The maximum atomic E-state index is 12.1. The number of hydrogen-bond donors (Lipinski definition) is 0. The summed E-state index contributed by atoms with van der Waals surface area (Å²) < 4.78 is 25.4. The third kappa shape index (κ3) is 2.08. The molecular weight excluding hydrogens is 331 g/mol. The van der Waals surface area contributed by atoms with E-state index in [0.717, 1.165) is 6.20 Å². The Kier molecular flexibility index (Phi) is 3.17. The summed E-state index contributed by atoms with van der Waals surface area (Å²) in [4.78, 5) is 3.65. The van der Waals surface area contributed by atoms with Gasteiger partial charge in [0, 0.05) is 20.4 Å². The normalized spacial score (nSPS) is 10.6. The summed E-state index contributed by atoms with van der Waals surface area (Å²) >= 11 is 4.99. The van der Waals surface area contributed by atoms with Gasteiger partial charge in [-0.15, -0.1) is 0 Å². The van der Waals surface area contributed by atoms with Gasteiger partial charge in [0.1, 0.15) is 0 Å². The Labute approximate surface area is 84.5 Å². The number of halogens is 4. The van der Waals surface area contributed by atoms with Crippen LogP contribution in [0.5, 0.6) is 0 Å². The second-order valence-corrected chi connectivity index (χ2v) is 3.78. The molecule has 0 aliphatic rings. The largest absolute Gasteiger partial charge is 0.266 e. The lowest BCUT2D eigenvalue weighted by molar-refractivity contribution is 0.150. The van der Waals surface area contributed by atoms with Gasteiger partial charge in [-0.25, -0.2) is 8.78 Å². The minimum atomic E-state index is -2.47. The molecule has 11 heavy (non-hydrogen) atoms. The van der Waals surface area contributed by atoms with Crippen molar-refractivity contribution >= 4 is 38.5 Å². The highest BCUT2D eigenvalue weighted by Crippen LogP contribution is 2.29.